The molecule has 0 radical (unpaired) electrons. The largest absolute Gasteiger partial charge is 0.497 e. The second-order valence-electron chi connectivity index (χ2n) is 9.63. The minimum absolute atomic E-state index is 0.0248. The minimum atomic E-state index is -4.21. The van der Waals surface area contributed by atoms with E-state index < -0.39 is 28.5 Å². The summed E-state index contributed by atoms with van der Waals surface area (Å²) in [7, 11) is -2.72. The Morgan fingerprint density at radius 1 is 1.00 bits per heavy atom. The highest BCUT2D eigenvalue weighted by Gasteiger charge is 2.32. The molecule has 0 heterocycles. The lowest BCUT2D eigenvalue weighted by molar-refractivity contribution is -0.139. The number of nitrogens with zero attached hydrogens (tertiary/aromatic N) is 2. The Hall–Kier alpha value is -3.08. The molecule has 0 aromatic heterocycles. The van der Waals surface area contributed by atoms with Crippen molar-refractivity contribution in [3.63, 3.8) is 0 Å². The maximum absolute atomic E-state index is 13.9. The second-order valence-corrected chi connectivity index (χ2v) is 12.8. The van der Waals surface area contributed by atoms with E-state index in [9.17, 15) is 18.0 Å². The highest BCUT2D eigenvalue weighted by atomic mass is 79.9. The van der Waals surface area contributed by atoms with Crippen LogP contribution in [0.5, 0.6) is 5.75 Å². The number of halogens is 2. The van der Waals surface area contributed by atoms with E-state index in [1.165, 1.54) is 42.3 Å². The number of anilines is 1. The van der Waals surface area contributed by atoms with Crippen molar-refractivity contribution in [3.05, 3.63) is 87.9 Å². The Morgan fingerprint density at radius 3 is 2.23 bits per heavy atom. The topological polar surface area (TPSA) is 96.0 Å². The van der Waals surface area contributed by atoms with Crippen LogP contribution >= 0.6 is 27.5 Å². The van der Waals surface area contributed by atoms with Crippen LogP contribution in [-0.4, -0.2) is 51.4 Å². The molecular formula is C29H33BrClN3O5S. The van der Waals surface area contributed by atoms with Gasteiger partial charge in [-0.15, -0.1) is 0 Å². The van der Waals surface area contributed by atoms with Crippen LogP contribution in [0.1, 0.15) is 26.3 Å². The van der Waals surface area contributed by atoms with Crippen LogP contribution in [0.25, 0.3) is 0 Å². The molecule has 0 fully saturated rings. The Balaban J connectivity index is 2.01. The molecular weight excluding hydrogens is 618 g/mol. The van der Waals surface area contributed by atoms with Gasteiger partial charge in [0.25, 0.3) is 10.0 Å². The first kappa shape index (κ1) is 31.4. The molecule has 214 valence electrons. The molecule has 0 aliphatic rings. The van der Waals surface area contributed by atoms with Crippen molar-refractivity contribution in [1.82, 2.24) is 10.2 Å². The first-order valence-corrected chi connectivity index (χ1v) is 15.3. The number of carbonyl (C=O) groups excluding carboxylic acids is 2. The van der Waals surface area contributed by atoms with Crippen molar-refractivity contribution < 1.29 is 22.7 Å². The zero-order valence-corrected chi connectivity index (χ0v) is 26.0. The van der Waals surface area contributed by atoms with Gasteiger partial charge in [-0.2, -0.15) is 0 Å². The van der Waals surface area contributed by atoms with E-state index in [0.29, 0.717) is 17.3 Å². The number of nitrogens with one attached hydrogen (secondary N) is 1. The second kappa shape index (κ2) is 14.0. The van der Waals surface area contributed by atoms with Crippen molar-refractivity contribution in [3.8, 4) is 5.75 Å². The van der Waals surface area contributed by atoms with Gasteiger partial charge in [-0.3, -0.25) is 13.9 Å². The molecule has 3 aromatic carbocycles. The number of hydrogen-bond donors (Lipinski definition) is 1. The number of amides is 2. The van der Waals surface area contributed by atoms with E-state index in [2.05, 4.69) is 21.2 Å². The first-order valence-electron chi connectivity index (χ1n) is 12.7. The summed E-state index contributed by atoms with van der Waals surface area (Å²) >= 11 is 9.61. The molecule has 1 atom stereocenters. The maximum Gasteiger partial charge on any atom is 0.264 e. The highest BCUT2D eigenvalue weighted by Crippen LogP contribution is 2.28. The van der Waals surface area contributed by atoms with Gasteiger partial charge in [0, 0.05) is 22.6 Å². The minimum Gasteiger partial charge on any atom is -0.497 e. The summed E-state index contributed by atoms with van der Waals surface area (Å²) in [6.07, 6.45) is 0. The van der Waals surface area contributed by atoms with Gasteiger partial charge in [0.15, 0.2) is 0 Å². The number of benzene rings is 3. The Bertz CT molecular complexity index is 1420. The number of ether oxygens (including phenoxy) is 1. The van der Waals surface area contributed by atoms with Crippen LogP contribution in [0.15, 0.2) is 82.2 Å². The molecule has 8 nitrogen and oxygen atoms in total. The molecule has 0 saturated heterocycles. The molecule has 40 heavy (non-hydrogen) atoms. The molecule has 2 amide bonds. The average Bonchev–Trinajstić information content (AvgIpc) is 2.93. The third kappa shape index (κ3) is 8.22. The molecule has 1 N–H and O–H groups in total. The molecule has 0 bridgehead atoms. The molecule has 3 aromatic rings. The lowest BCUT2D eigenvalue weighted by Gasteiger charge is -2.32. The summed E-state index contributed by atoms with van der Waals surface area (Å²) in [6, 6.07) is 18.7. The number of rotatable bonds is 12. The lowest BCUT2D eigenvalue weighted by Crippen LogP contribution is -2.51. The van der Waals surface area contributed by atoms with Gasteiger partial charge < -0.3 is 15.0 Å². The quantitative estimate of drug-likeness (QED) is 0.280. The van der Waals surface area contributed by atoms with E-state index in [1.54, 1.807) is 25.1 Å². The average molecular weight is 651 g/mol. The number of hydrogen-bond acceptors (Lipinski definition) is 5. The smallest absolute Gasteiger partial charge is 0.264 e. The fourth-order valence-corrected chi connectivity index (χ4v) is 5.71. The summed E-state index contributed by atoms with van der Waals surface area (Å²) in [6.45, 7) is 5.59. The third-order valence-electron chi connectivity index (χ3n) is 6.14. The van der Waals surface area contributed by atoms with Crippen LogP contribution in [0.2, 0.25) is 5.02 Å². The first-order chi connectivity index (χ1) is 18.9. The molecule has 3 rings (SSSR count). The molecule has 0 aliphatic heterocycles. The summed E-state index contributed by atoms with van der Waals surface area (Å²) in [5, 5.41) is 3.18. The Labute approximate surface area is 249 Å². The van der Waals surface area contributed by atoms with Gasteiger partial charge in [-0.05, 0) is 73.0 Å². The van der Waals surface area contributed by atoms with Crippen LogP contribution in [-0.2, 0) is 26.2 Å². The van der Waals surface area contributed by atoms with E-state index >= 15 is 0 Å². The predicted molar refractivity (Wildman–Crippen MR) is 161 cm³/mol. The summed E-state index contributed by atoms with van der Waals surface area (Å²) < 4.78 is 34.8. The summed E-state index contributed by atoms with van der Waals surface area (Å²) in [5.74, 6) is -0.162. The van der Waals surface area contributed by atoms with Crippen LogP contribution in [0.3, 0.4) is 0 Å². The van der Waals surface area contributed by atoms with E-state index in [-0.39, 0.29) is 29.0 Å². The zero-order valence-electron chi connectivity index (χ0n) is 22.8. The standard InChI is InChI=1S/C29H33BrClN3O5S/c1-20(2)17-32-29(36)21(3)33(18-22-8-10-23(30)11-9-22)28(35)19-34(25-7-5-6-24(31)16-25)40(37,38)27-14-12-26(39-4)13-15-27/h5-16,20-21H,17-19H2,1-4H3,(H,32,36)/t21-/m1/s1. The van der Waals surface area contributed by atoms with Crippen molar-refractivity contribution >= 4 is 55.1 Å². The van der Waals surface area contributed by atoms with Gasteiger partial charge >= 0.3 is 0 Å². The summed E-state index contributed by atoms with van der Waals surface area (Å²) in [4.78, 5) is 28.3. The van der Waals surface area contributed by atoms with Crippen molar-refractivity contribution in [2.24, 2.45) is 5.92 Å². The van der Waals surface area contributed by atoms with E-state index in [0.717, 1.165) is 14.3 Å². The van der Waals surface area contributed by atoms with E-state index in [4.69, 9.17) is 16.3 Å². The molecule has 0 saturated carbocycles. The van der Waals surface area contributed by atoms with Gasteiger partial charge in [0.05, 0.1) is 17.7 Å². The third-order valence-corrected chi connectivity index (χ3v) is 8.69. The normalized spacial score (nSPS) is 12.1. The van der Waals surface area contributed by atoms with Crippen LogP contribution in [0, 0.1) is 5.92 Å². The van der Waals surface area contributed by atoms with E-state index in [1.807, 2.05) is 38.1 Å². The molecule has 0 unspecified atom stereocenters. The highest BCUT2D eigenvalue weighted by molar-refractivity contribution is 9.10. The van der Waals surface area contributed by atoms with Gasteiger partial charge in [-0.25, -0.2) is 8.42 Å². The van der Waals surface area contributed by atoms with Gasteiger partial charge in [-0.1, -0.05) is 59.6 Å². The van der Waals surface area contributed by atoms with Crippen molar-refractivity contribution in [2.75, 3.05) is 24.5 Å². The summed E-state index contributed by atoms with van der Waals surface area (Å²) in [5.41, 5.74) is 1.00. The van der Waals surface area contributed by atoms with Gasteiger partial charge in [0.2, 0.25) is 11.8 Å². The van der Waals surface area contributed by atoms with Gasteiger partial charge in [0.1, 0.15) is 18.3 Å². The predicted octanol–water partition coefficient (Wildman–Crippen LogP) is 5.50. The Kier molecular flexibility index (Phi) is 11.0. The van der Waals surface area contributed by atoms with Crippen molar-refractivity contribution in [1.29, 1.82) is 0 Å². The zero-order chi connectivity index (χ0) is 29.4. The van der Waals surface area contributed by atoms with Crippen molar-refractivity contribution in [2.45, 2.75) is 38.3 Å². The molecule has 0 spiro atoms. The SMILES string of the molecule is COc1ccc(S(=O)(=O)N(CC(=O)N(Cc2ccc(Br)cc2)[C@H](C)C(=O)NCC(C)C)c2cccc(Cl)c2)cc1. The Morgan fingerprint density at radius 2 is 1.65 bits per heavy atom. The number of carbonyl (C=O) groups is 2. The fourth-order valence-electron chi connectivity index (χ4n) is 3.86. The lowest BCUT2D eigenvalue weighted by atomic mass is 10.1. The molecule has 0 aliphatic carbocycles. The fraction of sp³-hybridized carbons (Fsp3) is 0.310. The number of methoxy groups -OCH3 is 1. The molecule has 11 heteroatoms. The maximum atomic E-state index is 13.9. The monoisotopic (exact) mass is 649 g/mol. The van der Waals surface area contributed by atoms with Crippen LogP contribution < -0.4 is 14.4 Å². The number of sulfonamides is 1. The van der Waals surface area contributed by atoms with Crippen LogP contribution in [0.4, 0.5) is 5.69 Å².